The van der Waals surface area contributed by atoms with E-state index in [0.29, 0.717) is 11.4 Å². The van der Waals surface area contributed by atoms with E-state index in [2.05, 4.69) is 20.5 Å². The topological polar surface area (TPSA) is 73.6 Å². The number of hydrogen-bond acceptors (Lipinski definition) is 5. The zero-order valence-electron chi connectivity index (χ0n) is 7.45. The summed E-state index contributed by atoms with van der Waals surface area (Å²) in [6.45, 7) is 1.49. The van der Waals surface area contributed by atoms with Crippen LogP contribution in [0.1, 0.15) is 17.3 Å². The van der Waals surface area contributed by atoms with Gasteiger partial charge in [0, 0.05) is 11.8 Å². The van der Waals surface area contributed by atoms with E-state index in [1.54, 1.807) is 12.1 Å². The Morgan fingerprint density at radius 1 is 1.43 bits per heavy atom. The summed E-state index contributed by atoms with van der Waals surface area (Å²) in [7, 11) is 0. The number of hydrogen-bond donors (Lipinski definition) is 0. The average molecular weight is 189 g/mol. The molecule has 0 aliphatic heterocycles. The number of rotatable bonds is 2. The van der Waals surface area contributed by atoms with E-state index < -0.39 is 0 Å². The van der Waals surface area contributed by atoms with Crippen LogP contribution in [0.2, 0.25) is 0 Å². The molecule has 14 heavy (non-hydrogen) atoms. The van der Waals surface area contributed by atoms with Gasteiger partial charge in [0.1, 0.15) is 6.33 Å². The predicted molar refractivity (Wildman–Crippen MR) is 47.0 cm³/mol. The van der Waals surface area contributed by atoms with E-state index >= 15 is 0 Å². The van der Waals surface area contributed by atoms with Gasteiger partial charge in [0.05, 0.1) is 0 Å². The minimum absolute atomic E-state index is 0.0132. The molecular formula is C8H7N5O. The van der Waals surface area contributed by atoms with Gasteiger partial charge in [-0.15, -0.1) is 5.10 Å². The van der Waals surface area contributed by atoms with Crippen LogP contribution in [0.5, 0.6) is 0 Å². The van der Waals surface area contributed by atoms with Crippen molar-refractivity contribution in [3.05, 3.63) is 30.2 Å². The summed E-state index contributed by atoms with van der Waals surface area (Å²) in [6.07, 6.45) is 2.94. The standard InChI is InChI=1S/C8H7N5O/c1-6(14)7-2-3-8(9-4-7)13-5-10-11-12-13/h2-5H,1H3. The minimum atomic E-state index is -0.0132. The largest absolute Gasteiger partial charge is 0.294 e. The molecule has 0 saturated carbocycles. The molecule has 2 aromatic rings. The maximum atomic E-state index is 11.0. The Labute approximate surface area is 79.6 Å². The van der Waals surface area contributed by atoms with Crippen molar-refractivity contribution in [3.63, 3.8) is 0 Å². The molecule has 0 aliphatic carbocycles. The van der Waals surface area contributed by atoms with Crippen LogP contribution in [0, 0.1) is 0 Å². The number of carbonyl (C=O) groups is 1. The van der Waals surface area contributed by atoms with E-state index in [0.717, 1.165) is 0 Å². The third-order valence-electron chi connectivity index (χ3n) is 1.74. The van der Waals surface area contributed by atoms with E-state index in [4.69, 9.17) is 0 Å². The Morgan fingerprint density at radius 2 is 2.29 bits per heavy atom. The summed E-state index contributed by atoms with van der Waals surface area (Å²) in [5.41, 5.74) is 0.571. The molecule has 2 heterocycles. The first kappa shape index (κ1) is 8.49. The van der Waals surface area contributed by atoms with Crippen molar-refractivity contribution in [1.82, 2.24) is 25.2 Å². The predicted octanol–water partition coefficient (Wildman–Crippen LogP) is 0.260. The minimum Gasteiger partial charge on any atom is -0.294 e. The number of aromatic nitrogens is 5. The Morgan fingerprint density at radius 3 is 2.79 bits per heavy atom. The molecule has 6 nitrogen and oxygen atoms in total. The van der Waals surface area contributed by atoms with E-state index in [-0.39, 0.29) is 5.78 Å². The molecule has 0 unspecified atom stereocenters. The molecule has 2 aromatic heterocycles. The lowest BCUT2D eigenvalue weighted by Crippen LogP contribution is -2.00. The monoisotopic (exact) mass is 189 g/mol. The summed E-state index contributed by atoms with van der Waals surface area (Å²) in [4.78, 5) is 15.0. The quantitative estimate of drug-likeness (QED) is 0.633. The van der Waals surface area contributed by atoms with Crippen LogP contribution < -0.4 is 0 Å². The highest BCUT2D eigenvalue weighted by Crippen LogP contribution is 2.03. The normalized spacial score (nSPS) is 10.1. The highest BCUT2D eigenvalue weighted by molar-refractivity contribution is 5.93. The molecule has 0 saturated heterocycles. The molecule has 0 atom stereocenters. The first-order valence-electron chi connectivity index (χ1n) is 3.98. The molecular weight excluding hydrogens is 182 g/mol. The third kappa shape index (κ3) is 1.49. The molecule has 0 amide bonds. The van der Waals surface area contributed by atoms with E-state index in [1.165, 1.54) is 24.1 Å². The highest BCUT2D eigenvalue weighted by Gasteiger charge is 2.01. The van der Waals surface area contributed by atoms with Crippen molar-refractivity contribution in [1.29, 1.82) is 0 Å². The molecule has 2 rings (SSSR count). The van der Waals surface area contributed by atoms with Crippen molar-refractivity contribution in [2.24, 2.45) is 0 Å². The lowest BCUT2D eigenvalue weighted by Gasteiger charge is -1.98. The van der Waals surface area contributed by atoms with Gasteiger partial charge in [0.15, 0.2) is 11.6 Å². The fourth-order valence-corrected chi connectivity index (χ4v) is 0.996. The molecule has 0 aliphatic rings. The van der Waals surface area contributed by atoms with Crippen molar-refractivity contribution >= 4 is 5.78 Å². The molecule has 0 radical (unpaired) electrons. The van der Waals surface area contributed by atoms with Crippen LogP contribution in [0.15, 0.2) is 24.7 Å². The van der Waals surface area contributed by atoms with E-state index in [9.17, 15) is 4.79 Å². The van der Waals surface area contributed by atoms with E-state index in [1.807, 2.05) is 0 Å². The number of pyridine rings is 1. The molecule has 6 heteroatoms. The van der Waals surface area contributed by atoms with Gasteiger partial charge in [0.25, 0.3) is 0 Å². The second kappa shape index (κ2) is 3.33. The van der Waals surface area contributed by atoms with Gasteiger partial charge < -0.3 is 0 Å². The highest BCUT2D eigenvalue weighted by atomic mass is 16.1. The first-order valence-corrected chi connectivity index (χ1v) is 3.98. The zero-order chi connectivity index (χ0) is 9.97. The van der Waals surface area contributed by atoms with Crippen molar-refractivity contribution < 1.29 is 4.79 Å². The Kier molecular flexibility index (Phi) is 2.02. The van der Waals surface area contributed by atoms with Crippen molar-refractivity contribution in [2.75, 3.05) is 0 Å². The third-order valence-corrected chi connectivity index (χ3v) is 1.74. The second-order valence-corrected chi connectivity index (χ2v) is 2.72. The fraction of sp³-hybridized carbons (Fsp3) is 0.125. The molecule has 0 spiro atoms. The average Bonchev–Trinajstić information content (AvgIpc) is 2.71. The Balaban J connectivity index is 2.36. The number of nitrogens with zero attached hydrogens (tertiary/aromatic N) is 5. The lowest BCUT2D eigenvalue weighted by atomic mass is 10.2. The van der Waals surface area contributed by atoms with Crippen LogP contribution in [-0.4, -0.2) is 31.0 Å². The lowest BCUT2D eigenvalue weighted by molar-refractivity contribution is 0.101. The van der Waals surface area contributed by atoms with Gasteiger partial charge in [-0.05, 0) is 29.5 Å². The summed E-state index contributed by atoms with van der Waals surface area (Å²) < 4.78 is 1.42. The van der Waals surface area contributed by atoms with Crippen LogP contribution in [-0.2, 0) is 0 Å². The van der Waals surface area contributed by atoms with Crippen LogP contribution >= 0.6 is 0 Å². The molecule has 0 fully saturated rings. The zero-order valence-corrected chi connectivity index (χ0v) is 7.45. The maximum Gasteiger partial charge on any atom is 0.161 e. The summed E-state index contributed by atoms with van der Waals surface area (Å²) in [5, 5.41) is 10.6. The van der Waals surface area contributed by atoms with Crippen LogP contribution in [0.3, 0.4) is 0 Å². The Bertz CT molecular complexity index is 433. The Hall–Kier alpha value is -2.11. The van der Waals surface area contributed by atoms with Gasteiger partial charge >= 0.3 is 0 Å². The van der Waals surface area contributed by atoms with Gasteiger partial charge in [-0.3, -0.25) is 4.79 Å². The molecule has 0 aromatic carbocycles. The molecule has 70 valence electrons. The van der Waals surface area contributed by atoms with Crippen molar-refractivity contribution in [3.8, 4) is 5.82 Å². The maximum absolute atomic E-state index is 11.0. The summed E-state index contributed by atoms with van der Waals surface area (Å²) in [5.74, 6) is 0.570. The summed E-state index contributed by atoms with van der Waals surface area (Å²) in [6, 6.07) is 3.37. The fourth-order valence-electron chi connectivity index (χ4n) is 0.996. The number of carbonyl (C=O) groups excluding carboxylic acids is 1. The SMILES string of the molecule is CC(=O)c1ccc(-n2cnnn2)nc1. The van der Waals surface area contributed by atoms with Crippen molar-refractivity contribution in [2.45, 2.75) is 6.92 Å². The van der Waals surface area contributed by atoms with Gasteiger partial charge in [-0.2, -0.15) is 4.68 Å². The second-order valence-electron chi connectivity index (χ2n) is 2.72. The number of Topliss-reactive ketones (excluding diaryl/α,β-unsaturated/α-hetero) is 1. The number of ketones is 1. The molecule has 0 bridgehead atoms. The number of tetrazole rings is 1. The first-order chi connectivity index (χ1) is 6.77. The molecule has 0 N–H and O–H groups in total. The van der Waals surface area contributed by atoms with Gasteiger partial charge in [0.2, 0.25) is 0 Å². The summed E-state index contributed by atoms with van der Waals surface area (Å²) >= 11 is 0. The van der Waals surface area contributed by atoms with Crippen LogP contribution in [0.25, 0.3) is 5.82 Å². The van der Waals surface area contributed by atoms with Crippen LogP contribution in [0.4, 0.5) is 0 Å². The smallest absolute Gasteiger partial charge is 0.161 e. The van der Waals surface area contributed by atoms with Gasteiger partial charge in [-0.1, -0.05) is 0 Å². The van der Waals surface area contributed by atoms with Gasteiger partial charge in [-0.25, -0.2) is 4.98 Å².